The van der Waals surface area contributed by atoms with Crippen LogP contribution in [-0.4, -0.2) is 30.0 Å². The number of amides is 1. The number of nitrogens with two attached hydrogens (primary N) is 1. The molecule has 39 heavy (non-hydrogen) atoms. The Morgan fingerprint density at radius 3 is 2.44 bits per heavy atom. The molecule has 2 unspecified atom stereocenters. The number of fused-ring (bicyclic) bond motifs is 1. The molecule has 7 nitrogen and oxygen atoms in total. The molecule has 0 fully saturated rings. The van der Waals surface area contributed by atoms with Gasteiger partial charge in [-0.15, -0.1) is 0 Å². The van der Waals surface area contributed by atoms with E-state index in [1.165, 1.54) is 23.9 Å². The molecule has 0 saturated heterocycles. The zero-order valence-corrected chi connectivity index (χ0v) is 23.7. The number of hydrogen-bond acceptors (Lipinski definition) is 8. The third kappa shape index (κ3) is 9.04. The molecule has 1 amide bonds. The standard InChI is InChI=1S/C27H26FNO6S2.C2H6/c1-4-36-17(3)25-26(24(31)22-14-19(28)7-10-23(22)35-25)34-12-11-33-20-8-5-18(6-9-20)16(2)13-21(15-30)37-27(29)32;1-2/h4-10,14-16,21H,1,3,11-13H2,2H3,(H2,29,32);1-2H3. The molecule has 0 aliphatic carbocycles. The molecule has 208 valence electrons. The van der Waals surface area contributed by atoms with Gasteiger partial charge in [-0.2, -0.15) is 0 Å². The number of halogens is 1. The van der Waals surface area contributed by atoms with Crippen molar-refractivity contribution < 1.29 is 27.9 Å². The van der Waals surface area contributed by atoms with Crippen molar-refractivity contribution in [1.82, 2.24) is 0 Å². The molecule has 2 aromatic carbocycles. The van der Waals surface area contributed by atoms with Crippen molar-refractivity contribution in [3.63, 3.8) is 0 Å². The third-order valence-electron chi connectivity index (χ3n) is 5.34. The fraction of sp³-hybridized carbons (Fsp3) is 0.276. The smallest absolute Gasteiger partial charge is 0.277 e. The minimum atomic E-state index is -0.584. The monoisotopic (exact) mass is 573 g/mol. The number of aldehydes is 1. The van der Waals surface area contributed by atoms with Crippen LogP contribution in [0.5, 0.6) is 11.5 Å². The predicted molar refractivity (Wildman–Crippen MR) is 158 cm³/mol. The second-order valence-electron chi connectivity index (χ2n) is 7.95. The Hall–Kier alpha value is -3.50. The van der Waals surface area contributed by atoms with Crippen molar-refractivity contribution in [2.75, 3.05) is 13.2 Å². The first-order chi connectivity index (χ1) is 18.7. The van der Waals surface area contributed by atoms with Gasteiger partial charge in [0.15, 0.2) is 5.76 Å². The highest BCUT2D eigenvalue weighted by atomic mass is 32.2. The van der Waals surface area contributed by atoms with E-state index in [1.807, 2.05) is 32.9 Å². The average molecular weight is 574 g/mol. The molecular formula is C29H32FNO6S2. The first kappa shape index (κ1) is 31.7. The molecule has 3 aromatic rings. The first-order valence-corrected chi connectivity index (χ1v) is 14.0. The lowest BCUT2D eigenvalue weighted by molar-refractivity contribution is -0.107. The molecule has 10 heteroatoms. The largest absolute Gasteiger partial charge is 0.490 e. The van der Waals surface area contributed by atoms with E-state index in [9.17, 15) is 18.8 Å². The predicted octanol–water partition coefficient (Wildman–Crippen LogP) is 7.14. The fourth-order valence-corrected chi connectivity index (χ4v) is 4.76. The SMILES string of the molecule is C=CSC(=C)c1oc2ccc(F)cc2c(=O)c1OCCOc1ccc(C(C)CC(C=O)SC(N)=O)cc1.CC. The Kier molecular flexibility index (Phi) is 12.9. The maximum atomic E-state index is 13.7. The maximum Gasteiger partial charge on any atom is 0.277 e. The van der Waals surface area contributed by atoms with Crippen LogP contribution in [0.25, 0.3) is 15.9 Å². The van der Waals surface area contributed by atoms with Crippen LogP contribution in [0, 0.1) is 5.82 Å². The van der Waals surface area contributed by atoms with Gasteiger partial charge in [0.05, 0.1) is 15.5 Å². The lowest BCUT2D eigenvalue weighted by Crippen LogP contribution is -2.16. The third-order valence-corrected chi connectivity index (χ3v) is 6.82. The van der Waals surface area contributed by atoms with Gasteiger partial charge >= 0.3 is 0 Å². The van der Waals surface area contributed by atoms with Crippen molar-refractivity contribution in [1.29, 1.82) is 0 Å². The van der Waals surface area contributed by atoms with Gasteiger partial charge in [0.1, 0.15) is 36.6 Å². The van der Waals surface area contributed by atoms with E-state index >= 15 is 0 Å². The zero-order chi connectivity index (χ0) is 28.9. The second kappa shape index (κ2) is 15.8. The molecular weight excluding hydrogens is 541 g/mol. The number of ether oxygens (including phenoxy) is 2. The van der Waals surface area contributed by atoms with Gasteiger partial charge < -0.3 is 24.4 Å². The van der Waals surface area contributed by atoms with Gasteiger partial charge in [0, 0.05) is 0 Å². The van der Waals surface area contributed by atoms with Crippen LogP contribution in [0.15, 0.2) is 70.2 Å². The van der Waals surface area contributed by atoms with E-state index < -0.39 is 21.7 Å². The maximum absolute atomic E-state index is 13.7. The highest BCUT2D eigenvalue weighted by Gasteiger charge is 2.19. The van der Waals surface area contributed by atoms with Crippen LogP contribution < -0.4 is 20.6 Å². The number of rotatable bonds is 13. The van der Waals surface area contributed by atoms with Crippen LogP contribution in [0.2, 0.25) is 0 Å². The van der Waals surface area contributed by atoms with Gasteiger partial charge in [-0.25, -0.2) is 4.39 Å². The molecule has 2 atom stereocenters. The fourth-order valence-electron chi connectivity index (χ4n) is 3.58. The summed E-state index contributed by atoms with van der Waals surface area (Å²) in [4.78, 5) is 35.7. The Bertz CT molecular complexity index is 1360. The molecule has 3 rings (SSSR count). The normalized spacial score (nSPS) is 12.0. The molecule has 2 N–H and O–H groups in total. The van der Waals surface area contributed by atoms with E-state index in [1.54, 1.807) is 17.5 Å². The second-order valence-corrected chi connectivity index (χ2v) is 10.3. The van der Waals surface area contributed by atoms with Gasteiger partial charge in [-0.3, -0.25) is 9.59 Å². The van der Waals surface area contributed by atoms with E-state index in [0.717, 1.165) is 29.7 Å². The average Bonchev–Trinajstić information content (AvgIpc) is 2.93. The quantitative estimate of drug-likeness (QED) is 0.170. The van der Waals surface area contributed by atoms with Gasteiger partial charge in [-0.05, 0) is 53.6 Å². The summed E-state index contributed by atoms with van der Waals surface area (Å²) in [5.41, 5.74) is 5.85. The van der Waals surface area contributed by atoms with Crippen molar-refractivity contribution in [3.05, 3.63) is 88.4 Å². The van der Waals surface area contributed by atoms with E-state index in [-0.39, 0.29) is 41.6 Å². The number of carbonyl (C=O) groups is 2. The lowest BCUT2D eigenvalue weighted by atomic mass is 9.96. The Morgan fingerprint density at radius 1 is 1.15 bits per heavy atom. The zero-order valence-electron chi connectivity index (χ0n) is 22.1. The summed E-state index contributed by atoms with van der Waals surface area (Å²) >= 11 is 1.99. The summed E-state index contributed by atoms with van der Waals surface area (Å²) < 4.78 is 31.0. The summed E-state index contributed by atoms with van der Waals surface area (Å²) in [6, 6.07) is 11.0. The summed E-state index contributed by atoms with van der Waals surface area (Å²) in [6.45, 7) is 13.7. The van der Waals surface area contributed by atoms with Crippen molar-refractivity contribution >= 4 is 50.9 Å². The van der Waals surface area contributed by atoms with Crippen molar-refractivity contribution in [2.45, 2.75) is 38.4 Å². The lowest BCUT2D eigenvalue weighted by Gasteiger charge is -2.16. The molecule has 0 spiro atoms. The van der Waals surface area contributed by atoms with Crippen molar-refractivity contribution in [3.8, 4) is 11.5 Å². The Balaban J connectivity index is 0.00000260. The van der Waals surface area contributed by atoms with Gasteiger partial charge in [0.25, 0.3) is 5.24 Å². The minimum absolute atomic E-state index is 0.0220. The summed E-state index contributed by atoms with van der Waals surface area (Å²) in [5, 5.41) is 0.520. The van der Waals surface area contributed by atoms with Gasteiger partial charge in [0.2, 0.25) is 11.2 Å². The summed E-state index contributed by atoms with van der Waals surface area (Å²) in [6.07, 6.45) is 1.20. The van der Waals surface area contributed by atoms with Crippen LogP contribution >= 0.6 is 23.5 Å². The molecule has 0 saturated carbocycles. The number of carbonyl (C=O) groups excluding carboxylic acids is 2. The molecule has 1 heterocycles. The highest BCUT2D eigenvalue weighted by Crippen LogP contribution is 2.34. The van der Waals surface area contributed by atoms with E-state index in [2.05, 4.69) is 13.2 Å². The summed E-state index contributed by atoms with van der Waals surface area (Å²) in [7, 11) is 0. The van der Waals surface area contributed by atoms with Crippen LogP contribution in [0.3, 0.4) is 0 Å². The topological polar surface area (TPSA) is 109 Å². The highest BCUT2D eigenvalue weighted by molar-refractivity contribution is 8.14. The molecule has 0 aliphatic rings. The number of thioether (sulfide) groups is 2. The van der Waals surface area contributed by atoms with Gasteiger partial charge in [-0.1, -0.05) is 69.6 Å². The van der Waals surface area contributed by atoms with Crippen LogP contribution in [0.4, 0.5) is 9.18 Å². The molecule has 0 aliphatic heterocycles. The van der Waals surface area contributed by atoms with Crippen molar-refractivity contribution in [2.24, 2.45) is 5.73 Å². The number of benzene rings is 2. The first-order valence-electron chi connectivity index (χ1n) is 12.2. The Morgan fingerprint density at radius 2 is 1.82 bits per heavy atom. The van der Waals surface area contributed by atoms with Crippen LogP contribution in [0.1, 0.15) is 44.4 Å². The number of hydrogen-bond donors (Lipinski definition) is 1. The van der Waals surface area contributed by atoms with E-state index in [4.69, 9.17) is 19.6 Å². The number of primary amides is 1. The molecule has 1 aromatic heterocycles. The molecule has 0 bridgehead atoms. The minimum Gasteiger partial charge on any atom is -0.490 e. The summed E-state index contributed by atoms with van der Waals surface area (Å²) in [5.74, 6) is 0.111. The van der Waals surface area contributed by atoms with Crippen LogP contribution in [-0.2, 0) is 4.79 Å². The van der Waals surface area contributed by atoms with E-state index in [0.29, 0.717) is 17.1 Å². The molecule has 0 radical (unpaired) electrons. The Labute approximate surface area is 235 Å².